The number of fused-ring (bicyclic) bond motifs is 1. The molecule has 1 N–H and O–H groups in total. The standard InChI is InChI=1S/C19H24FNO4/c1-18(2,3)10-21-14(17(24)25-19(4,5)6)15(22)12-8-7-11(20)9-13(12)16(21)23/h7-9,22H,10H2,1-6H3. The third kappa shape index (κ3) is 4.18. The van der Waals surface area contributed by atoms with Crippen LogP contribution in [0.5, 0.6) is 5.75 Å². The number of hydrogen-bond donors (Lipinski definition) is 1. The van der Waals surface area contributed by atoms with Gasteiger partial charge in [0.15, 0.2) is 11.4 Å². The Morgan fingerprint density at radius 1 is 1.16 bits per heavy atom. The van der Waals surface area contributed by atoms with E-state index >= 15 is 0 Å². The van der Waals surface area contributed by atoms with E-state index in [-0.39, 0.29) is 34.2 Å². The minimum absolute atomic E-state index is 0.0223. The molecule has 0 amide bonds. The summed E-state index contributed by atoms with van der Waals surface area (Å²) in [6.45, 7) is 10.9. The summed E-state index contributed by atoms with van der Waals surface area (Å²) in [6.07, 6.45) is 0. The monoisotopic (exact) mass is 349 g/mol. The summed E-state index contributed by atoms with van der Waals surface area (Å²) in [4.78, 5) is 25.5. The topological polar surface area (TPSA) is 68.5 Å². The molecule has 25 heavy (non-hydrogen) atoms. The Bertz CT molecular complexity index is 885. The van der Waals surface area contributed by atoms with Crippen molar-refractivity contribution in [3.63, 3.8) is 0 Å². The summed E-state index contributed by atoms with van der Waals surface area (Å²) in [6, 6.07) is 3.49. The molecule has 0 spiro atoms. The zero-order chi connectivity index (χ0) is 19.2. The van der Waals surface area contributed by atoms with Gasteiger partial charge in [0, 0.05) is 11.9 Å². The predicted octanol–water partition coefficient (Wildman–Crippen LogP) is 3.85. The highest BCUT2D eigenvalue weighted by Crippen LogP contribution is 2.30. The highest BCUT2D eigenvalue weighted by Gasteiger charge is 2.28. The van der Waals surface area contributed by atoms with Gasteiger partial charge in [-0.05, 0) is 44.4 Å². The van der Waals surface area contributed by atoms with Gasteiger partial charge in [0.2, 0.25) is 0 Å². The van der Waals surface area contributed by atoms with Crippen molar-refractivity contribution in [2.24, 2.45) is 5.41 Å². The molecule has 0 aliphatic rings. The Kier molecular flexibility index (Phi) is 4.68. The normalized spacial score (nSPS) is 12.4. The molecule has 0 saturated heterocycles. The van der Waals surface area contributed by atoms with Crippen LogP contribution in [-0.4, -0.2) is 21.2 Å². The highest BCUT2D eigenvalue weighted by molar-refractivity contribution is 5.99. The van der Waals surface area contributed by atoms with E-state index in [0.29, 0.717) is 0 Å². The van der Waals surface area contributed by atoms with Gasteiger partial charge >= 0.3 is 5.97 Å². The van der Waals surface area contributed by atoms with Crippen molar-refractivity contribution in [1.82, 2.24) is 4.57 Å². The van der Waals surface area contributed by atoms with Gasteiger partial charge in [-0.1, -0.05) is 20.8 Å². The maximum Gasteiger partial charge on any atom is 0.359 e. The molecule has 0 saturated carbocycles. The Balaban J connectivity index is 2.83. The van der Waals surface area contributed by atoms with E-state index in [2.05, 4.69) is 0 Å². The van der Waals surface area contributed by atoms with Gasteiger partial charge < -0.3 is 9.84 Å². The molecule has 0 radical (unpaired) electrons. The van der Waals surface area contributed by atoms with Gasteiger partial charge in [0.25, 0.3) is 5.56 Å². The second-order valence-electron chi connectivity index (χ2n) is 8.34. The zero-order valence-electron chi connectivity index (χ0n) is 15.4. The first kappa shape index (κ1) is 19.0. The average Bonchev–Trinajstić information content (AvgIpc) is 2.41. The van der Waals surface area contributed by atoms with Crippen molar-refractivity contribution in [1.29, 1.82) is 0 Å². The van der Waals surface area contributed by atoms with Crippen molar-refractivity contribution in [2.75, 3.05) is 0 Å². The SMILES string of the molecule is CC(C)(C)Cn1c(C(=O)OC(C)(C)C)c(O)c2ccc(F)cc2c1=O. The molecule has 0 aliphatic carbocycles. The van der Waals surface area contributed by atoms with Gasteiger partial charge in [-0.15, -0.1) is 0 Å². The predicted molar refractivity (Wildman–Crippen MR) is 94.5 cm³/mol. The number of hydrogen-bond acceptors (Lipinski definition) is 4. The van der Waals surface area contributed by atoms with Crippen molar-refractivity contribution < 1.29 is 19.0 Å². The molecule has 1 aromatic heterocycles. The molecule has 0 bridgehead atoms. The largest absolute Gasteiger partial charge is 0.505 e. The van der Waals surface area contributed by atoms with Crippen LogP contribution in [0.25, 0.3) is 10.8 Å². The van der Waals surface area contributed by atoms with Gasteiger partial charge in [-0.2, -0.15) is 0 Å². The lowest BCUT2D eigenvalue weighted by Gasteiger charge is -2.25. The Morgan fingerprint density at radius 3 is 2.28 bits per heavy atom. The fraction of sp³-hybridized carbons (Fsp3) is 0.474. The van der Waals surface area contributed by atoms with Crippen LogP contribution in [0, 0.1) is 11.2 Å². The summed E-state index contributed by atoms with van der Waals surface area (Å²) >= 11 is 0. The van der Waals surface area contributed by atoms with Crippen molar-refractivity contribution in [3.8, 4) is 5.75 Å². The van der Waals surface area contributed by atoms with Gasteiger partial charge in [0.05, 0.1) is 5.39 Å². The lowest BCUT2D eigenvalue weighted by molar-refractivity contribution is 0.00513. The van der Waals surface area contributed by atoms with Crippen LogP contribution in [0.2, 0.25) is 0 Å². The number of nitrogens with zero attached hydrogens (tertiary/aromatic N) is 1. The molecule has 0 unspecified atom stereocenters. The molecule has 1 heterocycles. The molecule has 2 aromatic rings. The molecular weight excluding hydrogens is 325 g/mol. The summed E-state index contributed by atoms with van der Waals surface area (Å²) < 4.78 is 20.1. The Hall–Kier alpha value is -2.37. The van der Waals surface area contributed by atoms with Gasteiger partial charge in [-0.3, -0.25) is 9.36 Å². The van der Waals surface area contributed by atoms with Crippen LogP contribution < -0.4 is 5.56 Å². The van der Waals surface area contributed by atoms with E-state index in [1.165, 1.54) is 10.6 Å². The number of aromatic nitrogens is 1. The highest BCUT2D eigenvalue weighted by atomic mass is 19.1. The molecule has 136 valence electrons. The van der Waals surface area contributed by atoms with Gasteiger partial charge in [0.1, 0.15) is 11.4 Å². The van der Waals surface area contributed by atoms with Gasteiger partial charge in [-0.25, -0.2) is 9.18 Å². The molecule has 0 aliphatic heterocycles. The van der Waals surface area contributed by atoms with Crippen molar-refractivity contribution in [2.45, 2.75) is 53.7 Å². The second-order valence-corrected chi connectivity index (χ2v) is 8.34. The molecule has 1 aromatic carbocycles. The van der Waals surface area contributed by atoms with Crippen LogP contribution in [0.1, 0.15) is 52.0 Å². The first-order chi connectivity index (χ1) is 11.3. The number of ether oxygens (including phenoxy) is 1. The van der Waals surface area contributed by atoms with E-state index in [0.717, 1.165) is 12.1 Å². The zero-order valence-corrected chi connectivity index (χ0v) is 15.4. The maximum absolute atomic E-state index is 13.6. The number of pyridine rings is 1. The molecule has 2 rings (SSSR count). The maximum atomic E-state index is 13.6. The number of carbonyl (C=O) groups excluding carboxylic acids is 1. The number of aromatic hydroxyl groups is 1. The minimum atomic E-state index is -0.794. The van der Waals surface area contributed by atoms with Crippen LogP contribution in [0.4, 0.5) is 4.39 Å². The van der Waals surface area contributed by atoms with Crippen LogP contribution >= 0.6 is 0 Å². The van der Waals surface area contributed by atoms with Crippen molar-refractivity contribution in [3.05, 3.63) is 40.1 Å². The third-order valence-corrected chi connectivity index (χ3v) is 3.43. The first-order valence-electron chi connectivity index (χ1n) is 8.08. The van der Waals surface area contributed by atoms with E-state index in [4.69, 9.17) is 4.74 Å². The summed E-state index contributed by atoms with van der Waals surface area (Å²) in [5, 5.41) is 10.8. The molecule has 0 fully saturated rings. The summed E-state index contributed by atoms with van der Waals surface area (Å²) in [5.74, 6) is -1.76. The van der Waals surface area contributed by atoms with E-state index in [9.17, 15) is 19.1 Å². The second kappa shape index (κ2) is 6.17. The fourth-order valence-corrected chi connectivity index (χ4v) is 2.56. The average molecular weight is 349 g/mol. The Morgan fingerprint density at radius 2 is 1.76 bits per heavy atom. The van der Waals surface area contributed by atoms with Crippen molar-refractivity contribution >= 4 is 16.7 Å². The van der Waals surface area contributed by atoms with E-state index in [1.54, 1.807) is 20.8 Å². The number of rotatable bonds is 2. The van der Waals surface area contributed by atoms with Crippen LogP contribution in [0.15, 0.2) is 23.0 Å². The molecule has 0 atom stereocenters. The number of benzene rings is 1. The lowest BCUT2D eigenvalue weighted by atomic mass is 9.96. The smallest absolute Gasteiger partial charge is 0.359 e. The Labute approximate surface area is 146 Å². The van der Waals surface area contributed by atoms with Crippen LogP contribution in [-0.2, 0) is 11.3 Å². The minimum Gasteiger partial charge on any atom is -0.505 e. The lowest BCUT2D eigenvalue weighted by Crippen LogP contribution is -2.34. The van der Waals surface area contributed by atoms with E-state index in [1.807, 2.05) is 20.8 Å². The molecule has 6 heteroatoms. The molecular formula is C19H24FNO4. The number of halogens is 1. The van der Waals surface area contributed by atoms with Crippen LogP contribution in [0.3, 0.4) is 0 Å². The third-order valence-electron chi connectivity index (χ3n) is 3.43. The first-order valence-corrected chi connectivity index (χ1v) is 8.08. The number of carbonyl (C=O) groups is 1. The quantitative estimate of drug-likeness (QED) is 0.836. The fourth-order valence-electron chi connectivity index (χ4n) is 2.56. The van der Waals surface area contributed by atoms with E-state index < -0.39 is 22.9 Å². The number of esters is 1. The molecule has 5 nitrogen and oxygen atoms in total. The summed E-state index contributed by atoms with van der Waals surface area (Å²) in [7, 11) is 0. The summed E-state index contributed by atoms with van der Waals surface area (Å²) in [5.41, 5.74) is -1.89.